The van der Waals surface area contributed by atoms with Gasteiger partial charge < -0.3 is 9.47 Å². The predicted octanol–water partition coefficient (Wildman–Crippen LogP) is 1.88. The molecule has 6 heteroatoms. The molecule has 0 aliphatic heterocycles. The van der Waals surface area contributed by atoms with Crippen LogP contribution in [0.25, 0.3) is 0 Å². The van der Waals surface area contributed by atoms with Gasteiger partial charge in [0.2, 0.25) is 0 Å². The van der Waals surface area contributed by atoms with Crippen LogP contribution in [0.5, 0.6) is 11.5 Å². The second kappa shape index (κ2) is 5.80. The summed E-state index contributed by atoms with van der Waals surface area (Å²) < 4.78 is 10.3. The van der Waals surface area contributed by atoms with E-state index in [1.807, 2.05) is 6.07 Å². The van der Waals surface area contributed by atoms with Crippen molar-refractivity contribution in [1.82, 2.24) is 9.97 Å². The van der Waals surface area contributed by atoms with Crippen LogP contribution in [0, 0.1) is 18.3 Å². The van der Waals surface area contributed by atoms with E-state index in [1.165, 1.54) is 37.7 Å². The number of benzene rings is 1. The molecule has 0 amide bonds. The maximum absolute atomic E-state index is 11.9. The molecule has 0 spiro atoms. The van der Waals surface area contributed by atoms with Crippen LogP contribution in [0.1, 0.15) is 21.7 Å². The van der Waals surface area contributed by atoms with Crippen molar-refractivity contribution in [1.29, 1.82) is 5.26 Å². The molecule has 0 saturated carbocycles. The number of esters is 1. The summed E-state index contributed by atoms with van der Waals surface area (Å²) in [4.78, 5) is 19.8. The van der Waals surface area contributed by atoms with Crippen molar-refractivity contribution in [2.45, 2.75) is 6.92 Å². The predicted molar refractivity (Wildman–Crippen MR) is 69.4 cm³/mol. The molecular formula is C14H11N3O3. The zero-order valence-electron chi connectivity index (χ0n) is 11.0. The number of hydrogen-bond donors (Lipinski definition) is 0. The van der Waals surface area contributed by atoms with Crippen molar-refractivity contribution < 1.29 is 14.3 Å². The van der Waals surface area contributed by atoms with E-state index < -0.39 is 5.97 Å². The second-order valence-corrected chi connectivity index (χ2v) is 3.91. The van der Waals surface area contributed by atoms with E-state index in [2.05, 4.69) is 9.97 Å². The lowest BCUT2D eigenvalue weighted by Gasteiger charge is -2.08. The fourth-order valence-electron chi connectivity index (χ4n) is 1.47. The summed E-state index contributed by atoms with van der Waals surface area (Å²) in [5.41, 5.74) is 1.22. The first-order valence-electron chi connectivity index (χ1n) is 5.73. The van der Waals surface area contributed by atoms with E-state index in [0.29, 0.717) is 17.0 Å². The largest absolute Gasteiger partial charge is 0.493 e. The minimum atomic E-state index is -0.638. The van der Waals surface area contributed by atoms with E-state index >= 15 is 0 Å². The Kier molecular flexibility index (Phi) is 3.91. The molecule has 0 aliphatic rings. The molecule has 2 aromatic rings. The Morgan fingerprint density at radius 3 is 2.65 bits per heavy atom. The van der Waals surface area contributed by atoms with Gasteiger partial charge in [0.25, 0.3) is 0 Å². The van der Waals surface area contributed by atoms with Gasteiger partial charge in [-0.15, -0.1) is 0 Å². The van der Waals surface area contributed by atoms with Crippen LogP contribution in [0.4, 0.5) is 0 Å². The van der Waals surface area contributed by atoms with Gasteiger partial charge in [0.05, 0.1) is 30.6 Å². The van der Waals surface area contributed by atoms with E-state index in [0.717, 1.165) is 0 Å². The third-order valence-electron chi connectivity index (χ3n) is 2.49. The van der Waals surface area contributed by atoms with Gasteiger partial charge in [0.1, 0.15) is 0 Å². The summed E-state index contributed by atoms with van der Waals surface area (Å²) in [5, 5.41) is 8.80. The molecule has 2 rings (SSSR count). The molecule has 100 valence electrons. The number of aryl methyl sites for hydroxylation is 1. The first-order chi connectivity index (χ1) is 9.63. The molecule has 0 atom stereocenters. The number of rotatable bonds is 3. The molecule has 0 N–H and O–H groups in total. The lowest BCUT2D eigenvalue weighted by atomic mass is 10.2. The molecule has 6 nitrogen and oxygen atoms in total. The van der Waals surface area contributed by atoms with Crippen molar-refractivity contribution in [2.24, 2.45) is 0 Å². The summed E-state index contributed by atoms with van der Waals surface area (Å²) >= 11 is 0. The van der Waals surface area contributed by atoms with Crippen LogP contribution in [0.3, 0.4) is 0 Å². The Morgan fingerprint density at radius 2 is 2.05 bits per heavy atom. The summed E-state index contributed by atoms with van der Waals surface area (Å²) in [5.74, 6) is -0.114. The van der Waals surface area contributed by atoms with E-state index in [1.54, 1.807) is 6.92 Å². The average Bonchev–Trinajstić information content (AvgIpc) is 2.48. The van der Waals surface area contributed by atoms with Crippen LogP contribution in [-0.2, 0) is 0 Å². The topological polar surface area (TPSA) is 85.1 Å². The van der Waals surface area contributed by atoms with Gasteiger partial charge >= 0.3 is 5.97 Å². The Labute approximate surface area is 115 Å². The maximum atomic E-state index is 11.9. The Hall–Kier alpha value is -2.94. The van der Waals surface area contributed by atoms with Gasteiger partial charge in [-0.1, -0.05) is 0 Å². The molecular weight excluding hydrogens is 258 g/mol. The SMILES string of the molecule is COc1cc(C#N)ccc1OC(=O)c1cnc(C)cn1. The van der Waals surface area contributed by atoms with Crippen LogP contribution in [0.15, 0.2) is 30.6 Å². The summed E-state index contributed by atoms with van der Waals surface area (Å²) in [6.07, 6.45) is 2.82. The third-order valence-corrected chi connectivity index (χ3v) is 2.49. The number of carbonyl (C=O) groups is 1. The van der Waals surface area contributed by atoms with E-state index in [-0.39, 0.29) is 11.4 Å². The van der Waals surface area contributed by atoms with Crippen molar-refractivity contribution in [3.8, 4) is 17.6 Å². The molecule has 0 aliphatic carbocycles. The molecule has 1 heterocycles. The molecule has 1 aromatic carbocycles. The van der Waals surface area contributed by atoms with Gasteiger partial charge in [-0.05, 0) is 19.1 Å². The Bertz CT molecular complexity index is 675. The molecule has 0 bridgehead atoms. The lowest BCUT2D eigenvalue weighted by molar-refractivity contribution is 0.0723. The highest BCUT2D eigenvalue weighted by Gasteiger charge is 2.14. The monoisotopic (exact) mass is 269 g/mol. The van der Waals surface area contributed by atoms with Gasteiger partial charge in [-0.25, -0.2) is 9.78 Å². The van der Waals surface area contributed by atoms with Crippen molar-refractivity contribution in [3.05, 3.63) is 47.5 Å². The fraction of sp³-hybridized carbons (Fsp3) is 0.143. The number of aromatic nitrogens is 2. The normalized spacial score (nSPS) is 9.65. The number of nitriles is 1. The molecule has 20 heavy (non-hydrogen) atoms. The third kappa shape index (κ3) is 2.90. The van der Waals surface area contributed by atoms with Crippen LogP contribution in [0.2, 0.25) is 0 Å². The zero-order valence-corrected chi connectivity index (χ0v) is 11.0. The Balaban J connectivity index is 2.23. The standard InChI is InChI=1S/C14H11N3O3/c1-9-7-17-11(8-16-9)14(18)20-12-4-3-10(6-15)5-13(12)19-2/h3-5,7-8H,1-2H3. The van der Waals surface area contributed by atoms with Crippen molar-refractivity contribution >= 4 is 5.97 Å². The molecule has 0 saturated heterocycles. The van der Waals surface area contributed by atoms with Gasteiger partial charge in [-0.3, -0.25) is 4.98 Å². The highest BCUT2D eigenvalue weighted by molar-refractivity contribution is 5.89. The van der Waals surface area contributed by atoms with Crippen molar-refractivity contribution in [2.75, 3.05) is 7.11 Å². The summed E-state index contributed by atoms with van der Waals surface area (Å²) in [6.45, 7) is 1.77. The maximum Gasteiger partial charge on any atom is 0.364 e. The molecule has 1 aromatic heterocycles. The molecule has 0 fully saturated rings. The van der Waals surface area contributed by atoms with Gasteiger partial charge in [0.15, 0.2) is 17.2 Å². The molecule has 0 unspecified atom stereocenters. The fourth-order valence-corrected chi connectivity index (χ4v) is 1.47. The minimum absolute atomic E-state index is 0.0991. The number of hydrogen-bond acceptors (Lipinski definition) is 6. The van der Waals surface area contributed by atoms with E-state index in [4.69, 9.17) is 14.7 Å². The number of methoxy groups -OCH3 is 1. The van der Waals surface area contributed by atoms with Gasteiger partial charge in [0, 0.05) is 12.3 Å². The summed E-state index contributed by atoms with van der Waals surface area (Å²) in [6, 6.07) is 6.50. The molecule has 0 radical (unpaired) electrons. The quantitative estimate of drug-likeness (QED) is 0.624. The first-order valence-corrected chi connectivity index (χ1v) is 5.73. The number of ether oxygens (including phenoxy) is 2. The van der Waals surface area contributed by atoms with Crippen LogP contribution in [-0.4, -0.2) is 23.0 Å². The smallest absolute Gasteiger partial charge is 0.364 e. The lowest BCUT2D eigenvalue weighted by Crippen LogP contribution is -2.11. The van der Waals surface area contributed by atoms with Crippen molar-refractivity contribution in [3.63, 3.8) is 0 Å². The number of nitrogens with zero attached hydrogens (tertiary/aromatic N) is 3. The zero-order chi connectivity index (χ0) is 14.5. The van der Waals surface area contributed by atoms with Crippen LogP contribution >= 0.6 is 0 Å². The average molecular weight is 269 g/mol. The Morgan fingerprint density at radius 1 is 1.25 bits per heavy atom. The van der Waals surface area contributed by atoms with Crippen LogP contribution < -0.4 is 9.47 Å². The minimum Gasteiger partial charge on any atom is -0.493 e. The highest BCUT2D eigenvalue weighted by Crippen LogP contribution is 2.28. The van der Waals surface area contributed by atoms with Gasteiger partial charge in [-0.2, -0.15) is 5.26 Å². The number of carbonyl (C=O) groups excluding carboxylic acids is 1. The highest BCUT2D eigenvalue weighted by atomic mass is 16.6. The summed E-state index contributed by atoms with van der Waals surface area (Å²) in [7, 11) is 1.43. The van der Waals surface area contributed by atoms with E-state index in [9.17, 15) is 4.79 Å². The first kappa shape index (κ1) is 13.5. The second-order valence-electron chi connectivity index (χ2n) is 3.91.